The Kier molecular flexibility index (Phi) is 8.19. The standard InChI is InChI=1S/C23H29ClN2O2/c24-13-11-23(27)26-16-15-25(14-12-20-7-3-1-4-8-20)17-21(18-26)19-28-22-9-5-2-6-10-22/h1-10,21H,11-19H2. The van der Waals surface area contributed by atoms with Crippen molar-refractivity contribution in [2.45, 2.75) is 12.8 Å². The van der Waals surface area contributed by atoms with E-state index in [0.29, 0.717) is 18.9 Å². The van der Waals surface area contributed by atoms with Crippen LogP contribution < -0.4 is 4.74 Å². The molecule has 0 aromatic heterocycles. The molecular weight excluding hydrogens is 372 g/mol. The molecule has 0 spiro atoms. The maximum atomic E-state index is 12.4. The minimum atomic E-state index is 0.143. The van der Waals surface area contributed by atoms with Gasteiger partial charge >= 0.3 is 0 Å². The number of para-hydroxylation sites is 1. The highest BCUT2D eigenvalue weighted by Gasteiger charge is 2.25. The van der Waals surface area contributed by atoms with Crippen molar-refractivity contribution >= 4 is 17.5 Å². The van der Waals surface area contributed by atoms with Gasteiger partial charge in [-0.2, -0.15) is 0 Å². The quantitative estimate of drug-likeness (QED) is 0.633. The molecule has 0 N–H and O–H groups in total. The zero-order valence-corrected chi connectivity index (χ0v) is 17.1. The summed E-state index contributed by atoms with van der Waals surface area (Å²) in [5.74, 6) is 1.67. The molecule has 3 rings (SSSR count). The first kappa shape index (κ1) is 20.7. The van der Waals surface area contributed by atoms with Crippen molar-refractivity contribution < 1.29 is 9.53 Å². The third-order valence-electron chi connectivity index (χ3n) is 5.13. The Hall–Kier alpha value is -2.04. The second-order valence-corrected chi connectivity index (χ2v) is 7.68. The molecule has 1 saturated heterocycles. The van der Waals surface area contributed by atoms with Crippen LogP contribution in [0.4, 0.5) is 0 Å². The lowest BCUT2D eigenvalue weighted by atomic mass is 10.1. The van der Waals surface area contributed by atoms with Crippen LogP contribution in [0.15, 0.2) is 60.7 Å². The highest BCUT2D eigenvalue weighted by Crippen LogP contribution is 2.16. The second-order valence-electron chi connectivity index (χ2n) is 7.31. The normalized spacial score (nSPS) is 17.9. The summed E-state index contributed by atoms with van der Waals surface area (Å²) in [4.78, 5) is 16.9. The molecule has 1 heterocycles. The Morgan fingerprint density at radius 3 is 2.43 bits per heavy atom. The Morgan fingerprint density at radius 2 is 1.71 bits per heavy atom. The van der Waals surface area contributed by atoms with E-state index in [-0.39, 0.29) is 11.8 Å². The number of hydrogen-bond acceptors (Lipinski definition) is 3. The van der Waals surface area contributed by atoms with E-state index in [0.717, 1.165) is 44.9 Å². The van der Waals surface area contributed by atoms with Gasteiger partial charge in [-0.3, -0.25) is 4.79 Å². The molecular formula is C23H29ClN2O2. The SMILES string of the molecule is O=C(CCCl)N1CCN(CCc2ccccc2)CC(COc2ccccc2)C1. The maximum Gasteiger partial charge on any atom is 0.223 e. The molecule has 0 saturated carbocycles. The van der Waals surface area contributed by atoms with Gasteiger partial charge in [0, 0.05) is 50.9 Å². The Balaban J connectivity index is 1.60. The Morgan fingerprint density at radius 1 is 1.00 bits per heavy atom. The first-order valence-electron chi connectivity index (χ1n) is 10.0. The number of alkyl halides is 1. The van der Waals surface area contributed by atoms with Crippen LogP contribution in [0.25, 0.3) is 0 Å². The van der Waals surface area contributed by atoms with Crippen LogP contribution in [-0.4, -0.2) is 60.9 Å². The van der Waals surface area contributed by atoms with Crippen molar-refractivity contribution in [1.82, 2.24) is 9.80 Å². The number of nitrogens with zero attached hydrogens (tertiary/aromatic N) is 2. The van der Waals surface area contributed by atoms with Crippen molar-refractivity contribution in [3.63, 3.8) is 0 Å². The summed E-state index contributed by atoms with van der Waals surface area (Å²) in [7, 11) is 0. The van der Waals surface area contributed by atoms with Crippen LogP contribution >= 0.6 is 11.6 Å². The van der Waals surface area contributed by atoms with Crippen LogP contribution in [-0.2, 0) is 11.2 Å². The van der Waals surface area contributed by atoms with Gasteiger partial charge in [-0.15, -0.1) is 11.6 Å². The van der Waals surface area contributed by atoms with Gasteiger partial charge in [0.25, 0.3) is 0 Å². The van der Waals surface area contributed by atoms with Gasteiger partial charge in [-0.25, -0.2) is 0 Å². The molecule has 1 aliphatic rings. The molecule has 2 aromatic rings. The van der Waals surface area contributed by atoms with Crippen molar-refractivity contribution in [2.24, 2.45) is 5.92 Å². The zero-order chi connectivity index (χ0) is 19.6. The third-order valence-corrected chi connectivity index (χ3v) is 5.32. The molecule has 5 heteroatoms. The number of halogens is 1. The lowest BCUT2D eigenvalue weighted by molar-refractivity contribution is -0.131. The van der Waals surface area contributed by atoms with Gasteiger partial charge in [-0.1, -0.05) is 48.5 Å². The molecule has 1 atom stereocenters. The summed E-state index contributed by atoms with van der Waals surface area (Å²) < 4.78 is 6.01. The average molecular weight is 401 g/mol. The van der Waals surface area contributed by atoms with Crippen LogP contribution in [0.2, 0.25) is 0 Å². The molecule has 1 unspecified atom stereocenters. The number of hydrogen-bond donors (Lipinski definition) is 0. The molecule has 28 heavy (non-hydrogen) atoms. The first-order valence-corrected chi connectivity index (χ1v) is 10.6. The van der Waals surface area contributed by atoms with E-state index in [2.05, 4.69) is 29.2 Å². The van der Waals surface area contributed by atoms with Gasteiger partial charge in [0.1, 0.15) is 5.75 Å². The first-order chi connectivity index (χ1) is 13.7. The zero-order valence-electron chi connectivity index (χ0n) is 16.3. The fourth-order valence-electron chi connectivity index (χ4n) is 3.62. The van der Waals surface area contributed by atoms with Gasteiger partial charge in [0.05, 0.1) is 6.61 Å². The fraction of sp³-hybridized carbons (Fsp3) is 0.435. The van der Waals surface area contributed by atoms with E-state index >= 15 is 0 Å². The largest absolute Gasteiger partial charge is 0.493 e. The number of benzene rings is 2. The molecule has 0 aliphatic carbocycles. The summed E-state index contributed by atoms with van der Waals surface area (Å²) in [5, 5.41) is 0. The predicted octanol–water partition coefficient (Wildman–Crippen LogP) is 3.70. The van der Waals surface area contributed by atoms with Crippen molar-refractivity contribution in [2.75, 3.05) is 45.2 Å². The number of carbonyl (C=O) groups excluding carboxylic acids is 1. The number of ether oxygens (including phenoxy) is 1. The molecule has 0 radical (unpaired) electrons. The molecule has 1 aliphatic heterocycles. The van der Waals surface area contributed by atoms with Crippen LogP contribution in [0.3, 0.4) is 0 Å². The van der Waals surface area contributed by atoms with Crippen LogP contribution in [0, 0.1) is 5.92 Å². The monoisotopic (exact) mass is 400 g/mol. The van der Waals surface area contributed by atoms with Crippen molar-refractivity contribution in [1.29, 1.82) is 0 Å². The Bertz CT molecular complexity index is 711. The van der Waals surface area contributed by atoms with E-state index in [9.17, 15) is 4.79 Å². The molecule has 150 valence electrons. The van der Waals surface area contributed by atoms with Gasteiger partial charge in [-0.05, 0) is 24.1 Å². The molecule has 1 fully saturated rings. The number of rotatable bonds is 8. The summed E-state index contributed by atoms with van der Waals surface area (Å²) in [6.45, 7) is 4.91. The Labute approximate surface area is 173 Å². The molecule has 0 bridgehead atoms. The number of carbonyl (C=O) groups is 1. The van der Waals surface area contributed by atoms with Gasteiger partial charge in [0.15, 0.2) is 0 Å². The maximum absolute atomic E-state index is 12.4. The van der Waals surface area contributed by atoms with Gasteiger partial charge < -0.3 is 14.5 Å². The second kappa shape index (κ2) is 11.1. The average Bonchev–Trinajstić information content (AvgIpc) is 2.95. The van der Waals surface area contributed by atoms with Crippen molar-refractivity contribution in [3.05, 3.63) is 66.2 Å². The smallest absolute Gasteiger partial charge is 0.223 e. The summed E-state index contributed by atoms with van der Waals surface area (Å²) in [5.41, 5.74) is 1.35. The lowest BCUT2D eigenvalue weighted by Gasteiger charge is -2.24. The molecule has 1 amide bonds. The van der Waals surface area contributed by atoms with E-state index in [1.807, 2.05) is 41.3 Å². The number of amides is 1. The highest BCUT2D eigenvalue weighted by atomic mass is 35.5. The van der Waals surface area contributed by atoms with Crippen LogP contribution in [0.1, 0.15) is 12.0 Å². The highest BCUT2D eigenvalue weighted by molar-refractivity contribution is 6.18. The van der Waals surface area contributed by atoms with Crippen molar-refractivity contribution in [3.8, 4) is 5.75 Å². The van der Waals surface area contributed by atoms with Gasteiger partial charge in [0.2, 0.25) is 5.91 Å². The fourth-order valence-corrected chi connectivity index (χ4v) is 3.78. The summed E-state index contributed by atoms with van der Waals surface area (Å²) in [6, 6.07) is 20.4. The van der Waals surface area contributed by atoms with E-state index in [1.165, 1.54) is 5.56 Å². The molecule has 4 nitrogen and oxygen atoms in total. The summed E-state index contributed by atoms with van der Waals surface area (Å²) in [6.07, 6.45) is 1.42. The van der Waals surface area contributed by atoms with E-state index in [1.54, 1.807) is 0 Å². The topological polar surface area (TPSA) is 32.8 Å². The molecule has 2 aromatic carbocycles. The third kappa shape index (κ3) is 6.54. The lowest BCUT2D eigenvalue weighted by Crippen LogP contribution is -2.37. The van der Waals surface area contributed by atoms with E-state index < -0.39 is 0 Å². The minimum absolute atomic E-state index is 0.143. The minimum Gasteiger partial charge on any atom is -0.493 e. The van der Waals surface area contributed by atoms with E-state index in [4.69, 9.17) is 16.3 Å². The summed E-state index contributed by atoms with van der Waals surface area (Å²) >= 11 is 5.80. The van der Waals surface area contributed by atoms with Crippen LogP contribution in [0.5, 0.6) is 5.75 Å². The predicted molar refractivity (Wildman–Crippen MR) is 114 cm³/mol.